The van der Waals surface area contributed by atoms with Gasteiger partial charge in [0.2, 0.25) is 0 Å². The SMILES string of the molecule is CC(F)(F)F.CC1=CCC=C(C)C=C1.CCC.Cc1ccc(C)cc1. The fourth-order valence-electron chi connectivity index (χ4n) is 1.47. The zero-order chi connectivity index (χ0) is 19.9. The van der Waals surface area contributed by atoms with Crippen molar-refractivity contribution in [3.63, 3.8) is 0 Å². The Morgan fingerprint density at radius 3 is 1.24 bits per heavy atom. The molecule has 0 amide bonds. The second-order valence-corrected chi connectivity index (χ2v) is 6.11. The highest BCUT2D eigenvalue weighted by Crippen LogP contribution is 2.10. The van der Waals surface area contributed by atoms with Gasteiger partial charge >= 0.3 is 6.18 Å². The predicted molar refractivity (Wildman–Crippen MR) is 105 cm³/mol. The highest BCUT2D eigenvalue weighted by molar-refractivity contribution is 5.29. The van der Waals surface area contributed by atoms with Crippen LogP contribution in [0, 0.1) is 13.8 Å². The molecule has 142 valence electrons. The van der Waals surface area contributed by atoms with Crippen molar-refractivity contribution in [3.05, 3.63) is 70.8 Å². The number of aryl methyl sites for hydroxylation is 2. The minimum absolute atomic E-state index is 0.188. The van der Waals surface area contributed by atoms with Gasteiger partial charge in [-0.25, -0.2) is 0 Å². The highest BCUT2D eigenvalue weighted by atomic mass is 19.4. The maximum atomic E-state index is 10.4. The average Bonchev–Trinajstić information content (AvgIpc) is 2.66. The molecule has 0 N–H and O–H groups in total. The smallest absolute Gasteiger partial charge is 0.172 e. The molecule has 0 fully saturated rings. The summed E-state index contributed by atoms with van der Waals surface area (Å²) in [6, 6.07) is 8.48. The Hall–Kier alpha value is -1.77. The monoisotopic (exact) mass is 354 g/mol. The fraction of sp³-hybridized carbons (Fsp3) is 0.455. The maximum absolute atomic E-state index is 10.4. The van der Waals surface area contributed by atoms with Gasteiger partial charge in [-0.15, -0.1) is 0 Å². The number of rotatable bonds is 0. The molecule has 0 spiro atoms. The Labute approximate surface area is 152 Å². The van der Waals surface area contributed by atoms with Crippen molar-refractivity contribution < 1.29 is 13.2 Å². The van der Waals surface area contributed by atoms with Crippen molar-refractivity contribution in [3.8, 4) is 0 Å². The van der Waals surface area contributed by atoms with E-state index in [1.165, 1.54) is 28.7 Å². The molecule has 3 heteroatoms. The molecule has 0 unspecified atom stereocenters. The summed E-state index contributed by atoms with van der Waals surface area (Å²) < 4.78 is 31.1. The first-order valence-electron chi connectivity index (χ1n) is 8.61. The van der Waals surface area contributed by atoms with E-state index in [2.05, 4.69) is 90.1 Å². The Morgan fingerprint density at radius 2 is 1.00 bits per heavy atom. The van der Waals surface area contributed by atoms with Crippen molar-refractivity contribution in [1.29, 1.82) is 0 Å². The second kappa shape index (κ2) is 14.6. The summed E-state index contributed by atoms with van der Waals surface area (Å²) in [6.07, 6.45) is 7.10. The molecule has 0 heterocycles. The Morgan fingerprint density at radius 1 is 0.760 bits per heavy atom. The molecule has 0 atom stereocenters. The lowest BCUT2D eigenvalue weighted by atomic mass is 10.2. The van der Waals surface area contributed by atoms with Crippen LogP contribution >= 0.6 is 0 Å². The molecule has 0 saturated carbocycles. The predicted octanol–water partition coefficient (Wildman–Crippen LogP) is 8.13. The Kier molecular flexibility index (Phi) is 14.8. The number of benzene rings is 1. The average molecular weight is 355 g/mol. The van der Waals surface area contributed by atoms with Gasteiger partial charge in [-0.3, -0.25) is 0 Å². The molecule has 0 saturated heterocycles. The minimum atomic E-state index is -4.00. The first kappa shape index (κ1) is 25.5. The third-order valence-electron chi connectivity index (χ3n) is 2.71. The zero-order valence-electron chi connectivity index (χ0n) is 16.7. The number of halogens is 3. The van der Waals surface area contributed by atoms with E-state index < -0.39 is 6.18 Å². The van der Waals surface area contributed by atoms with Crippen LogP contribution in [0.25, 0.3) is 0 Å². The third-order valence-corrected chi connectivity index (χ3v) is 2.71. The molecule has 1 aromatic carbocycles. The fourth-order valence-corrected chi connectivity index (χ4v) is 1.47. The Bertz CT molecular complexity index is 482. The number of hydrogen-bond donors (Lipinski definition) is 0. The van der Waals surface area contributed by atoms with E-state index in [0.717, 1.165) is 6.42 Å². The standard InChI is InChI=1S/C9H12.C8H10.C3H8.C2H3F3/c1-8-4-3-5-9(2)7-6-8;1-7-3-5-8(2)6-4-7;1-3-2;1-2(3,4)5/h4-7H,3H2,1-2H3;3-6H,1-2H3;3H2,1-2H3;1H3. The van der Waals surface area contributed by atoms with Gasteiger partial charge < -0.3 is 0 Å². The number of alkyl halides is 3. The van der Waals surface area contributed by atoms with Crippen LogP contribution in [-0.4, -0.2) is 6.18 Å². The molecule has 1 aliphatic carbocycles. The van der Waals surface area contributed by atoms with Gasteiger partial charge in [0.1, 0.15) is 0 Å². The first-order chi connectivity index (χ1) is 11.5. The van der Waals surface area contributed by atoms with E-state index in [4.69, 9.17) is 0 Å². The summed E-state index contributed by atoms with van der Waals surface area (Å²) >= 11 is 0. The summed E-state index contributed by atoms with van der Waals surface area (Å²) in [4.78, 5) is 0. The van der Waals surface area contributed by atoms with Crippen LogP contribution in [0.2, 0.25) is 0 Å². The molecule has 1 aliphatic rings. The lowest BCUT2D eigenvalue weighted by Gasteiger charge is -1.90. The van der Waals surface area contributed by atoms with Crippen molar-refractivity contribution >= 4 is 0 Å². The topological polar surface area (TPSA) is 0 Å². The maximum Gasteiger partial charge on any atom is 0.386 e. The van der Waals surface area contributed by atoms with E-state index in [1.54, 1.807) is 0 Å². The van der Waals surface area contributed by atoms with Gasteiger partial charge in [0.15, 0.2) is 0 Å². The largest absolute Gasteiger partial charge is 0.386 e. The van der Waals surface area contributed by atoms with Crippen LogP contribution in [0.15, 0.2) is 59.7 Å². The molecule has 25 heavy (non-hydrogen) atoms. The van der Waals surface area contributed by atoms with Gasteiger partial charge in [0.25, 0.3) is 0 Å². The summed E-state index contributed by atoms with van der Waals surface area (Å²) in [7, 11) is 0. The van der Waals surface area contributed by atoms with Crippen LogP contribution in [0.4, 0.5) is 13.2 Å². The number of allylic oxidation sites excluding steroid dienone is 6. The summed E-state index contributed by atoms with van der Waals surface area (Å²) in [6.45, 7) is 12.9. The molecule has 0 nitrogen and oxygen atoms in total. The molecule has 0 aromatic heterocycles. The third kappa shape index (κ3) is 24.6. The molecular weight excluding hydrogens is 321 g/mol. The molecule has 1 aromatic rings. The lowest BCUT2D eigenvalue weighted by molar-refractivity contribution is -0.110. The van der Waals surface area contributed by atoms with E-state index in [9.17, 15) is 13.2 Å². The van der Waals surface area contributed by atoms with Gasteiger partial charge in [-0.1, -0.05) is 91.1 Å². The minimum Gasteiger partial charge on any atom is -0.172 e. The van der Waals surface area contributed by atoms with Crippen molar-refractivity contribution in [2.75, 3.05) is 0 Å². The van der Waals surface area contributed by atoms with Crippen LogP contribution in [-0.2, 0) is 0 Å². The van der Waals surface area contributed by atoms with Crippen LogP contribution in [0.1, 0.15) is 58.6 Å². The molecule has 2 rings (SSSR count). The molecule has 0 bridgehead atoms. The lowest BCUT2D eigenvalue weighted by Crippen LogP contribution is -1.95. The first-order valence-corrected chi connectivity index (χ1v) is 8.61. The van der Waals surface area contributed by atoms with Crippen molar-refractivity contribution in [2.45, 2.75) is 67.5 Å². The zero-order valence-corrected chi connectivity index (χ0v) is 16.7. The van der Waals surface area contributed by atoms with Crippen LogP contribution in [0.3, 0.4) is 0 Å². The summed E-state index contributed by atoms with van der Waals surface area (Å²) in [5, 5.41) is 0. The molecule has 0 radical (unpaired) electrons. The van der Waals surface area contributed by atoms with E-state index in [-0.39, 0.29) is 6.92 Å². The normalized spacial score (nSPS) is 12.7. The Balaban J connectivity index is 0. The van der Waals surface area contributed by atoms with Gasteiger partial charge in [-0.2, -0.15) is 13.2 Å². The van der Waals surface area contributed by atoms with Gasteiger partial charge in [0.05, 0.1) is 0 Å². The van der Waals surface area contributed by atoms with Gasteiger partial charge in [-0.05, 0) is 34.1 Å². The second-order valence-electron chi connectivity index (χ2n) is 6.11. The van der Waals surface area contributed by atoms with Gasteiger partial charge in [0, 0.05) is 6.92 Å². The highest BCUT2D eigenvalue weighted by Gasteiger charge is 2.15. The quantitative estimate of drug-likeness (QED) is 0.441. The molecular formula is C22H33F3. The number of hydrogen-bond acceptors (Lipinski definition) is 0. The van der Waals surface area contributed by atoms with Crippen molar-refractivity contribution in [1.82, 2.24) is 0 Å². The van der Waals surface area contributed by atoms with Crippen LogP contribution in [0.5, 0.6) is 0 Å². The summed E-state index contributed by atoms with van der Waals surface area (Å²) in [5.41, 5.74) is 5.39. The molecule has 0 aliphatic heterocycles. The van der Waals surface area contributed by atoms with E-state index in [0.29, 0.717) is 0 Å². The summed E-state index contributed by atoms with van der Waals surface area (Å²) in [5.74, 6) is 0. The van der Waals surface area contributed by atoms with Crippen molar-refractivity contribution in [2.24, 2.45) is 0 Å². The van der Waals surface area contributed by atoms with E-state index >= 15 is 0 Å². The van der Waals surface area contributed by atoms with E-state index in [1.807, 2.05) is 0 Å². The van der Waals surface area contributed by atoms with Crippen LogP contribution < -0.4 is 0 Å².